The summed E-state index contributed by atoms with van der Waals surface area (Å²) in [6.45, 7) is 6.30. The van der Waals surface area contributed by atoms with Crippen molar-refractivity contribution >= 4 is 33.6 Å². The first-order valence-corrected chi connectivity index (χ1v) is 9.19. The van der Waals surface area contributed by atoms with Gasteiger partial charge in [0.1, 0.15) is 0 Å². The van der Waals surface area contributed by atoms with E-state index in [1.54, 1.807) is 11.8 Å². The van der Waals surface area contributed by atoms with E-state index in [9.17, 15) is 0 Å². The molecule has 0 aliphatic carbocycles. The number of rotatable bonds is 5. The van der Waals surface area contributed by atoms with Crippen LogP contribution in [0.2, 0.25) is 0 Å². The molecule has 1 aliphatic heterocycles. The molecule has 2 heterocycles. The maximum absolute atomic E-state index is 5.41. The first-order valence-electron chi connectivity index (χ1n) is 7.41. The number of aromatic nitrogens is 3. The number of halogens is 1. The van der Waals surface area contributed by atoms with Gasteiger partial charge in [0.05, 0.1) is 13.2 Å². The predicted octanol–water partition coefficient (Wildman–Crippen LogP) is 3.19. The molecule has 0 bridgehead atoms. The Balaban J connectivity index is 1.72. The SMILES string of the molecule is CCn1c(SCc2cccc(Br)c2)nnc1N1CCOCC1. The molecule has 1 fully saturated rings. The number of ether oxygens (including phenoxy) is 1. The molecule has 2 aromatic rings. The van der Waals surface area contributed by atoms with Gasteiger partial charge in [-0.3, -0.25) is 4.57 Å². The summed E-state index contributed by atoms with van der Waals surface area (Å²) in [7, 11) is 0. The quantitative estimate of drug-likeness (QED) is 0.742. The average Bonchev–Trinajstić information content (AvgIpc) is 2.97. The molecule has 1 aromatic carbocycles. The Morgan fingerprint density at radius 3 is 2.82 bits per heavy atom. The highest BCUT2D eigenvalue weighted by Crippen LogP contribution is 2.26. The van der Waals surface area contributed by atoms with Crippen LogP contribution in [-0.4, -0.2) is 41.1 Å². The van der Waals surface area contributed by atoms with Gasteiger partial charge in [0, 0.05) is 29.9 Å². The summed E-state index contributed by atoms with van der Waals surface area (Å²) in [6.07, 6.45) is 0. The van der Waals surface area contributed by atoms with Crippen molar-refractivity contribution in [2.75, 3.05) is 31.2 Å². The third kappa shape index (κ3) is 3.64. The number of hydrogen-bond acceptors (Lipinski definition) is 5. The third-order valence-electron chi connectivity index (χ3n) is 3.56. The fourth-order valence-corrected chi connectivity index (χ4v) is 3.82. The van der Waals surface area contributed by atoms with Crippen LogP contribution in [-0.2, 0) is 17.0 Å². The van der Waals surface area contributed by atoms with Crippen LogP contribution in [0.1, 0.15) is 12.5 Å². The van der Waals surface area contributed by atoms with E-state index in [1.165, 1.54) is 5.56 Å². The molecule has 22 heavy (non-hydrogen) atoms. The van der Waals surface area contributed by atoms with E-state index in [1.807, 2.05) is 6.07 Å². The fourth-order valence-electron chi connectivity index (χ4n) is 2.44. The first kappa shape index (κ1) is 15.8. The van der Waals surface area contributed by atoms with Gasteiger partial charge in [-0.15, -0.1) is 10.2 Å². The Labute approximate surface area is 143 Å². The zero-order valence-electron chi connectivity index (χ0n) is 12.5. The maximum Gasteiger partial charge on any atom is 0.228 e. The van der Waals surface area contributed by atoms with E-state index in [-0.39, 0.29) is 0 Å². The Kier molecular flexibility index (Phi) is 5.38. The van der Waals surface area contributed by atoms with Crippen molar-refractivity contribution < 1.29 is 4.74 Å². The van der Waals surface area contributed by atoms with Crippen molar-refractivity contribution in [1.29, 1.82) is 0 Å². The van der Waals surface area contributed by atoms with Crippen molar-refractivity contribution in [2.24, 2.45) is 0 Å². The number of nitrogens with zero attached hydrogens (tertiary/aromatic N) is 4. The van der Waals surface area contributed by atoms with E-state index in [0.717, 1.165) is 54.2 Å². The second-order valence-corrected chi connectivity index (χ2v) is 6.90. The summed E-state index contributed by atoms with van der Waals surface area (Å²) >= 11 is 5.24. The van der Waals surface area contributed by atoms with Gasteiger partial charge < -0.3 is 9.64 Å². The molecule has 3 rings (SSSR count). The number of benzene rings is 1. The van der Waals surface area contributed by atoms with Gasteiger partial charge in [0.25, 0.3) is 0 Å². The molecule has 5 nitrogen and oxygen atoms in total. The van der Waals surface area contributed by atoms with Crippen molar-refractivity contribution in [3.63, 3.8) is 0 Å². The van der Waals surface area contributed by atoms with E-state index in [2.05, 4.69) is 60.7 Å². The molecule has 0 unspecified atom stereocenters. The molecule has 0 amide bonds. The van der Waals surface area contributed by atoms with Crippen molar-refractivity contribution in [1.82, 2.24) is 14.8 Å². The molecule has 0 radical (unpaired) electrons. The molecular weight excluding hydrogens is 364 g/mol. The van der Waals surface area contributed by atoms with Gasteiger partial charge in [-0.2, -0.15) is 0 Å². The van der Waals surface area contributed by atoms with Gasteiger partial charge in [-0.1, -0.05) is 39.8 Å². The summed E-state index contributed by atoms with van der Waals surface area (Å²) in [5.41, 5.74) is 1.28. The van der Waals surface area contributed by atoms with Gasteiger partial charge >= 0.3 is 0 Å². The summed E-state index contributed by atoms with van der Waals surface area (Å²) in [6, 6.07) is 8.37. The molecule has 0 spiro atoms. The Bertz CT molecular complexity index is 628. The van der Waals surface area contributed by atoms with E-state index in [0.29, 0.717) is 0 Å². The molecule has 1 aliphatic rings. The van der Waals surface area contributed by atoms with Crippen LogP contribution in [0.25, 0.3) is 0 Å². The monoisotopic (exact) mass is 382 g/mol. The lowest BCUT2D eigenvalue weighted by molar-refractivity contribution is 0.121. The lowest BCUT2D eigenvalue weighted by atomic mass is 10.2. The zero-order chi connectivity index (χ0) is 15.4. The molecule has 1 saturated heterocycles. The molecule has 0 atom stereocenters. The third-order valence-corrected chi connectivity index (χ3v) is 5.10. The first-order chi connectivity index (χ1) is 10.8. The highest BCUT2D eigenvalue weighted by molar-refractivity contribution is 9.10. The highest BCUT2D eigenvalue weighted by atomic mass is 79.9. The molecule has 118 valence electrons. The topological polar surface area (TPSA) is 43.2 Å². The minimum atomic E-state index is 0.761. The van der Waals surface area contributed by atoms with Crippen LogP contribution >= 0.6 is 27.7 Å². The maximum atomic E-state index is 5.41. The van der Waals surface area contributed by atoms with E-state index >= 15 is 0 Å². The second-order valence-electron chi connectivity index (χ2n) is 5.04. The zero-order valence-corrected chi connectivity index (χ0v) is 14.9. The van der Waals surface area contributed by atoms with Crippen LogP contribution in [0.15, 0.2) is 33.9 Å². The summed E-state index contributed by atoms with van der Waals surface area (Å²) < 4.78 is 8.71. The Hall–Kier alpha value is -1.05. The fraction of sp³-hybridized carbons (Fsp3) is 0.467. The molecule has 7 heteroatoms. The predicted molar refractivity (Wildman–Crippen MR) is 92.4 cm³/mol. The van der Waals surface area contributed by atoms with Crippen molar-refractivity contribution in [3.05, 3.63) is 34.3 Å². The largest absolute Gasteiger partial charge is 0.378 e. The van der Waals surface area contributed by atoms with E-state index in [4.69, 9.17) is 4.74 Å². The second kappa shape index (κ2) is 7.48. The van der Waals surface area contributed by atoms with Crippen LogP contribution in [0.4, 0.5) is 5.95 Å². The Morgan fingerprint density at radius 2 is 2.09 bits per heavy atom. The van der Waals surface area contributed by atoms with Gasteiger partial charge in [-0.25, -0.2) is 0 Å². The van der Waals surface area contributed by atoms with Crippen LogP contribution in [0, 0.1) is 0 Å². The van der Waals surface area contributed by atoms with Crippen molar-refractivity contribution in [3.8, 4) is 0 Å². The van der Waals surface area contributed by atoms with Crippen LogP contribution in [0.5, 0.6) is 0 Å². The lowest BCUT2D eigenvalue weighted by Gasteiger charge is -2.27. The van der Waals surface area contributed by atoms with E-state index < -0.39 is 0 Å². The molecule has 0 N–H and O–H groups in total. The number of anilines is 1. The number of morpholine rings is 1. The smallest absolute Gasteiger partial charge is 0.228 e. The standard InChI is InChI=1S/C15H19BrN4OS/c1-2-20-14(19-6-8-21-9-7-19)17-18-15(20)22-11-12-4-3-5-13(16)10-12/h3-5,10H,2,6-9,11H2,1H3. The molecular formula is C15H19BrN4OS. The number of hydrogen-bond donors (Lipinski definition) is 0. The summed E-state index contributed by atoms with van der Waals surface area (Å²) in [5.74, 6) is 1.85. The average molecular weight is 383 g/mol. The normalized spacial score (nSPS) is 15.3. The summed E-state index contributed by atoms with van der Waals surface area (Å²) in [5, 5.41) is 9.75. The minimum absolute atomic E-state index is 0.761. The van der Waals surface area contributed by atoms with Gasteiger partial charge in [0.15, 0.2) is 5.16 Å². The number of thioether (sulfide) groups is 1. The van der Waals surface area contributed by atoms with Crippen LogP contribution in [0.3, 0.4) is 0 Å². The minimum Gasteiger partial charge on any atom is -0.378 e. The van der Waals surface area contributed by atoms with Gasteiger partial charge in [0.2, 0.25) is 5.95 Å². The van der Waals surface area contributed by atoms with Crippen molar-refractivity contribution in [2.45, 2.75) is 24.4 Å². The molecule has 0 saturated carbocycles. The van der Waals surface area contributed by atoms with Gasteiger partial charge in [-0.05, 0) is 24.6 Å². The molecule has 1 aromatic heterocycles. The lowest BCUT2D eigenvalue weighted by Crippen LogP contribution is -2.38. The Morgan fingerprint density at radius 1 is 1.27 bits per heavy atom. The highest BCUT2D eigenvalue weighted by Gasteiger charge is 2.19. The summed E-state index contributed by atoms with van der Waals surface area (Å²) in [4.78, 5) is 2.25. The van der Waals surface area contributed by atoms with Crippen LogP contribution < -0.4 is 4.90 Å².